The minimum atomic E-state index is 0.736. The van der Waals surface area contributed by atoms with Crippen LogP contribution in [0.2, 0.25) is 0 Å². The lowest BCUT2D eigenvalue weighted by Crippen LogP contribution is -2.35. The first-order valence-corrected chi connectivity index (χ1v) is 12.5. The Morgan fingerprint density at radius 2 is 1.88 bits per heavy atom. The zero-order valence-corrected chi connectivity index (χ0v) is 19.4. The maximum absolute atomic E-state index is 5.52. The van der Waals surface area contributed by atoms with Crippen molar-refractivity contribution in [3.05, 3.63) is 70.4 Å². The molecule has 4 aromatic rings. The first kappa shape index (κ1) is 20.7. The fourth-order valence-corrected chi connectivity index (χ4v) is 6.07. The quantitative estimate of drug-likeness (QED) is 0.453. The van der Waals surface area contributed by atoms with Gasteiger partial charge < -0.3 is 10.1 Å². The number of thiophene rings is 1. The lowest BCUT2D eigenvalue weighted by molar-refractivity contribution is 0.0341. The summed E-state index contributed by atoms with van der Waals surface area (Å²) in [4.78, 5) is 19.2. The number of aryl methyl sites for hydroxylation is 2. The number of morpholine rings is 1. The van der Waals surface area contributed by atoms with E-state index < -0.39 is 0 Å². The van der Waals surface area contributed by atoms with E-state index in [1.54, 1.807) is 6.20 Å². The molecule has 4 heterocycles. The monoisotopic (exact) mass is 457 g/mol. The van der Waals surface area contributed by atoms with Crippen molar-refractivity contribution in [2.45, 2.75) is 32.4 Å². The van der Waals surface area contributed by atoms with Crippen molar-refractivity contribution >= 4 is 27.4 Å². The molecule has 0 bridgehead atoms. The summed E-state index contributed by atoms with van der Waals surface area (Å²) in [5.41, 5.74) is 5.06. The van der Waals surface area contributed by atoms with Crippen LogP contribution in [0.4, 0.5) is 5.82 Å². The molecule has 1 aliphatic heterocycles. The van der Waals surface area contributed by atoms with E-state index in [9.17, 15) is 0 Å². The van der Waals surface area contributed by atoms with Crippen molar-refractivity contribution in [2.24, 2.45) is 0 Å². The molecule has 0 saturated carbocycles. The highest BCUT2D eigenvalue weighted by molar-refractivity contribution is 7.19. The molecule has 1 saturated heterocycles. The molecule has 168 valence electrons. The third-order valence-corrected chi connectivity index (χ3v) is 7.73. The van der Waals surface area contributed by atoms with Gasteiger partial charge in [-0.05, 0) is 48.1 Å². The van der Waals surface area contributed by atoms with Crippen molar-refractivity contribution < 1.29 is 4.74 Å². The van der Waals surface area contributed by atoms with E-state index in [4.69, 9.17) is 14.7 Å². The number of nitrogens with zero attached hydrogens (tertiary/aromatic N) is 4. The van der Waals surface area contributed by atoms with E-state index in [-0.39, 0.29) is 0 Å². The fraction of sp³-hybridized carbons (Fsp3) is 0.346. The number of nitrogens with one attached hydrogen (secondary N) is 1. The molecule has 7 heteroatoms. The van der Waals surface area contributed by atoms with Gasteiger partial charge >= 0.3 is 0 Å². The Bertz CT molecular complexity index is 1270. The fourth-order valence-electron chi connectivity index (χ4n) is 4.81. The molecule has 1 fully saturated rings. The van der Waals surface area contributed by atoms with Gasteiger partial charge in [0.15, 0.2) is 5.82 Å². The molecular weight excluding hydrogens is 430 g/mol. The summed E-state index contributed by atoms with van der Waals surface area (Å²) >= 11 is 1.83. The van der Waals surface area contributed by atoms with E-state index in [1.165, 1.54) is 33.4 Å². The van der Waals surface area contributed by atoms with E-state index in [1.807, 2.05) is 29.7 Å². The van der Waals surface area contributed by atoms with Crippen LogP contribution in [0.3, 0.4) is 0 Å². The highest BCUT2D eigenvalue weighted by Crippen LogP contribution is 2.40. The van der Waals surface area contributed by atoms with Gasteiger partial charge in [0.05, 0.1) is 18.6 Å². The number of benzene rings is 1. The lowest BCUT2D eigenvalue weighted by atomic mass is 10.1. The molecule has 0 radical (unpaired) electrons. The van der Waals surface area contributed by atoms with Gasteiger partial charge in [-0.25, -0.2) is 9.97 Å². The van der Waals surface area contributed by atoms with Crippen LogP contribution in [0.25, 0.3) is 21.6 Å². The maximum atomic E-state index is 5.52. The number of fused-ring (bicyclic) bond motifs is 3. The Labute approximate surface area is 197 Å². The van der Waals surface area contributed by atoms with E-state index in [0.29, 0.717) is 0 Å². The van der Waals surface area contributed by atoms with Crippen molar-refractivity contribution in [2.75, 3.05) is 31.6 Å². The number of hydrogen-bond acceptors (Lipinski definition) is 7. The number of aromatic nitrogens is 3. The first-order chi connectivity index (χ1) is 16.3. The van der Waals surface area contributed by atoms with Crippen LogP contribution < -0.4 is 5.32 Å². The first-order valence-electron chi connectivity index (χ1n) is 11.7. The predicted molar refractivity (Wildman–Crippen MR) is 133 cm³/mol. The van der Waals surface area contributed by atoms with Crippen molar-refractivity contribution in [3.63, 3.8) is 0 Å². The molecule has 0 unspecified atom stereocenters. The third-order valence-electron chi connectivity index (χ3n) is 6.55. The second-order valence-electron chi connectivity index (χ2n) is 8.69. The van der Waals surface area contributed by atoms with Crippen LogP contribution >= 0.6 is 11.3 Å². The van der Waals surface area contributed by atoms with Crippen LogP contribution in [0.5, 0.6) is 0 Å². The SMILES string of the molecule is c1cncc(-c2nc(NCc3ccccc3CN3CCOCC3)c3c4c(sc3n2)CCC4)c1. The van der Waals surface area contributed by atoms with Crippen LogP contribution in [-0.4, -0.2) is 46.2 Å². The maximum Gasteiger partial charge on any atom is 0.164 e. The summed E-state index contributed by atoms with van der Waals surface area (Å²) in [5, 5.41) is 4.91. The highest BCUT2D eigenvalue weighted by Gasteiger charge is 2.23. The smallest absolute Gasteiger partial charge is 0.164 e. The zero-order chi connectivity index (χ0) is 22.0. The van der Waals surface area contributed by atoms with Gasteiger partial charge in [-0.15, -0.1) is 11.3 Å². The molecule has 6 rings (SSSR count). The van der Waals surface area contributed by atoms with Crippen molar-refractivity contribution in [3.8, 4) is 11.4 Å². The topological polar surface area (TPSA) is 63.2 Å². The zero-order valence-electron chi connectivity index (χ0n) is 18.6. The lowest BCUT2D eigenvalue weighted by Gasteiger charge is -2.27. The molecule has 1 aromatic carbocycles. The van der Waals surface area contributed by atoms with Gasteiger partial charge in [-0.2, -0.15) is 0 Å². The largest absolute Gasteiger partial charge is 0.379 e. The number of pyridine rings is 1. The molecule has 33 heavy (non-hydrogen) atoms. The van der Waals surface area contributed by atoms with Gasteiger partial charge in [-0.3, -0.25) is 9.88 Å². The molecule has 3 aromatic heterocycles. The molecule has 1 N–H and O–H groups in total. The predicted octanol–water partition coefficient (Wildman–Crippen LogP) is 4.69. The molecule has 0 amide bonds. The van der Waals surface area contributed by atoms with Crippen LogP contribution in [0.1, 0.15) is 28.0 Å². The molecule has 0 spiro atoms. The minimum absolute atomic E-state index is 0.736. The third kappa shape index (κ3) is 4.24. The number of rotatable bonds is 6. The standard InChI is InChI=1S/C26H27N5OS/c1-2-6-20(17-31-11-13-32-14-12-31)18(5-1)16-28-25-23-21-8-3-9-22(21)33-26(23)30-24(29-25)19-7-4-10-27-15-19/h1-2,4-7,10,15H,3,8-9,11-14,16-17H2,(H,28,29,30). The van der Waals surface area contributed by atoms with E-state index in [0.717, 1.165) is 74.3 Å². The molecule has 1 aliphatic carbocycles. The van der Waals surface area contributed by atoms with Gasteiger partial charge in [0, 0.05) is 49.0 Å². The summed E-state index contributed by atoms with van der Waals surface area (Å²) in [7, 11) is 0. The number of ether oxygens (including phenoxy) is 1. The second kappa shape index (κ2) is 9.17. The second-order valence-corrected chi connectivity index (χ2v) is 9.77. The summed E-state index contributed by atoms with van der Waals surface area (Å²) in [6, 6.07) is 12.7. The van der Waals surface area contributed by atoms with Crippen molar-refractivity contribution in [1.29, 1.82) is 0 Å². The Balaban J connectivity index is 1.33. The normalized spacial score (nSPS) is 16.2. The Morgan fingerprint density at radius 1 is 1.00 bits per heavy atom. The van der Waals surface area contributed by atoms with E-state index in [2.05, 4.69) is 39.5 Å². The Hall–Kier alpha value is -2.87. The average Bonchev–Trinajstić information content (AvgIpc) is 3.46. The molecular formula is C26H27N5OS. The average molecular weight is 458 g/mol. The molecule has 0 atom stereocenters. The van der Waals surface area contributed by atoms with Gasteiger partial charge in [0.1, 0.15) is 10.6 Å². The summed E-state index contributed by atoms with van der Waals surface area (Å²) in [6.45, 7) is 5.31. The Kier molecular flexibility index (Phi) is 5.76. The van der Waals surface area contributed by atoms with Gasteiger partial charge in [0.2, 0.25) is 0 Å². The van der Waals surface area contributed by atoms with E-state index >= 15 is 0 Å². The van der Waals surface area contributed by atoms with Crippen LogP contribution in [0, 0.1) is 0 Å². The van der Waals surface area contributed by atoms with Gasteiger partial charge in [0.25, 0.3) is 0 Å². The van der Waals surface area contributed by atoms with Crippen molar-refractivity contribution in [1.82, 2.24) is 19.9 Å². The van der Waals surface area contributed by atoms with Crippen LogP contribution in [-0.2, 0) is 30.7 Å². The van der Waals surface area contributed by atoms with Crippen LogP contribution in [0.15, 0.2) is 48.8 Å². The number of hydrogen-bond donors (Lipinski definition) is 1. The highest BCUT2D eigenvalue weighted by atomic mass is 32.1. The molecule has 6 nitrogen and oxygen atoms in total. The summed E-state index contributed by atoms with van der Waals surface area (Å²) in [6.07, 6.45) is 7.12. The Morgan fingerprint density at radius 3 is 2.73 bits per heavy atom. The summed E-state index contributed by atoms with van der Waals surface area (Å²) < 4.78 is 5.52. The minimum Gasteiger partial charge on any atom is -0.379 e. The summed E-state index contributed by atoms with van der Waals surface area (Å²) in [5.74, 6) is 1.68. The molecule has 2 aliphatic rings. The van der Waals surface area contributed by atoms with Gasteiger partial charge in [-0.1, -0.05) is 24.3 Å². The number of anilines is 1.